The number of rotatable bonds is 6. The van der Waals surface area contributed by atoms with Gasteiger partial charge in [-0.3, -0.25) is 5.10 Å². The number of nitrogens with one attached hydrogen (secondary N) is 1. The first-order valence-corrected chi connectivity index (χ1v) is 10.6. The van der Waals surface area contributed by atoms with Crippen LogP contribution in [0.25, 0.3) is 0 Å². The molecule has 2 aromatic carbocycles. The van der Waals surface area contributed by atoms with E-state index in [-0.39, 0.29) is 5.88 Å². The average Bonchev–Trinajstić information content (AvgIpc) is 3.13. The molecule has 158 valence electrons. The lowest BCUT2D eigenvalue weighted by Crippen LogP contribution is -2.21. The predicted octanol–water partition coefficient (Wildman–Crippen LogP) is 4.68. The standard InChI is InChI=1S/C23H21BrN4O3/c1-3-29-18-10-15(9-17(24)21(18)30-12-14-7-5-4-6-8-14)20-16(11-25)22(26)31-23-19(20)13(2)27-28-23/h4-10,20H,3,12,26H2,1-2H3,(H,27,28). The van der Waals surface area contributed by atoms with E-state index < -0.39 is 5.92 Å². The highest BCUT2D eigenvalue weighted by Gasteiger charge is 2.35. The van der Waals surface area contributed by atoms with Crippen molar-refractivity contribution >= 4 is 15.9 Å². The summed E-state index contributed by atoms with van der Waals surface area (Å²) in [5.41, 5.74) is 9.80. The van der Waals surface area contributed by atoms with Crippen molar-refractivity contribution in [2.45, 2.75) is 26.4 Å². The minimum absolute atomic E-state index is 0.0463. The summed E-state index contributed by atoms with van der Waals surface area (Å²) in [4.78, 5) is 0. The van der Waals surface area contributed by atoms with Gasteiger partial charge in [0, 0.05) is 11.3 Å². The number of fused-ring (bicyclic) bond motifs is 1. The van der Waals surface area contributed by atoms with E-state index in [0.717, 1.165) is 26.9 Å². The summed E-state index contributed by atoms with van der Waals surface area (Å²) in [5, 5.41) is 16.9. The Balaban J connectivity index is 1.77. The number of nitriles is 1. The minimum atomic E-state index is -0.439. The second-order valence-corrected chi connectivity index (χ2v) is 7.88. The fourth-order valence-electron chi connectivity index (χ4n) is 3.62. The molecule has 8 heteroatoms. The number of allylic oxidation sites excluding steroid dienone is 1. The van der Waals surface area contributed by atoms with E-state index in [9.17, 15) is 5.26 Å². The van der Waals surface area contributed by atoms with Crippen LogP contribution in [-0.2, 0) is 6.61 Å². The molecule has 1 aliphatic heterocycles. The van der Waals surface area contributed by atoms with Gasteiger partial charge < -0.3 is 19.9 Å². The van der Waals surface area contributed by atoms with E-state index in [1.807, 2.05) is 56.3 Å². The molecule has 1 aliphatic rings. The number of hydrogen-bond donors (Lipinski definition) is 2. The maximum Gasteiger partial charge on any atom is 0.244 e. The molecule has 1 aromatic heterocycles. The molecule has 0 saturated heterocycles. The molecule has 1 unspecified atom stereocenters. The summed E-state index contributed by atoms with van der Waals surface area (Å²) >= 11 is 3.62. The van der Waals surface area contributed by atoms with Crippen LogP contribution in [0.5, 0.6) is 17.4 Å². The molecule has 0 fully saturated rings. The zero-order valence-corrected chi connectivity index (χ0v) is 18.7. The van der Waals surface area contributed by atoms with Crippen molar-refractivity contribution in [2.75, 3.05) is 6.61 Å². The molecule has 31 heavy (non-hydrogen) atoms. The van der Waals surface area contributed by atoms with Crippen LogP contribution in [0.2, 0.25) is 0 Å². The van der Waals surface area contributed by atoms with E-state index >= 15 is 0 Å². The first kappa shape index (κ1) is 20.8. The molecule has 4 rings (SSSR count). The van der Waals surface area contributed by atoms with Crippen LogP contribution in [0.15, 0.2) is 58.4 Å². The quantitative estimate of drug-likeness (QED) is 0.530. The molecular formula is C23H21BrN4O3. The van der Waals surface area contributed by atoms with Gasteiger partial charge in [-0.15, -0.1) is 5.10 Å². The van der Waals surface area contributed by atoms with E-state index in [4.69, 9.17) is 19.9 Å². The number of H-pyrrole nitrogens is 1. The van der Waals surface area contributed by atoms with Crippen molar-refractivity contribution in [3.8, 4) is 23.4 Å². The Morgan fingerprint density at radius 3 is 2.74 bits per heavy atom. The lowest BCUT2D eigenvalue weighted by Gasteiger charge is -2.25. The zero-order valence-electron chi connectivity index (χ0n) is 17.1. The zero-order chi connectivity index (χ0) is 22.0. The molecule has 0 aliphatic carbocycles. The Morgan fingerprint density at radius 2 is 2.03 bits per heavy atom. The summed E-state index contributed by atoms with van der Waals surface area (Å²) in [6, 6.07) is 15.9. The van der Waals surface area contributed by atoms with Crippen molar-refractivity contribution in [2.24, 2.45) is 5.73 Å². The fraction of sp³-hybridized carbons (Fsp3) is 0.217. The lowest BCUT2D eigenvalue weighted by molar-refractivity contribution is 0.267. The normalized spacial score (nSPS) is 15.1. The van der Waals surface area contributed by atoms with E-state index in [2.05, 4.69) is 32.2 Å². The molecule has 7 nitrogen and oxygen atoms in total. The topological polar surface area (TPSA) is 106 Å². The summed E-state index contributed by atoms with van der Waals surface area (Å²) in [6.07, 6.45) is 0. The number of benzene rings is 2. The van der Waals surface area contributed by atoms with E-state index in [1.165, 1.54) is 0 Å². The van der Waals surface area contributed by atoms with Crippen LogP contribution in [0.4, 0.5) is 0 Å². The Morgan fingerprint density at radius 1 is 1.26 bits per heavy atom. The maximum atomic E-state index is 9.79. The highest BCUT2D eigenvalue weighted by atomic mass is 79.9. The number of ether oxygens (including phenoxy) is 3. The number of aromatic amines is 1. The SMILES string of the molecule is CCOc1cc(C2C(C#N)=C(N)Oc3n[nH]c(C)c32)cc(Br)c1OCc1ccccc1. The van der Waals surface area contributed by atoms with Crippen molar-refractivity contribution < 1.29 is 14.2 Å². The van der Waals surface area contributed by atoms with Crippen LogP contribution in [-0.4, -0.2) is 16.8 Å². The highest BCUT2D eigenvalue weighted by molar-refractivity contribution is 9.10. The molecule has 3 N–H and O–H groups in total. The van der Waals surface area contributed by atoms with Gasteiger partial charge in [0.25, 0.3) is 0 Å². The molecule has 1 atom stereocenters. The Labute approximate surface area is 188 Å². The number of aryl methyl sites for hydroxylation is 1. The third-order valence-electron chi connectivity index (χ3n) is 5.02. The summed E-state index contributed by atoms with van der Waals surface area (Å²) in [7, 11) is 0. The van der Waals surface area contributed by atoms with Crippen LogP contribution in [0, 0.1) is 18.3 Å². The molecule has 0 bridgehead atoms. The molecule has 3 aromatic rings. The van der Waals surface area contributed by atoms with Crippen molar-refractivity contribution in [3.05, 3.63) is 80.8 Å². The largest absolute Gasteiger partial charge is 0.490 e. The minimum Gasteiger partial charge on any atom is -0.490 e. The third-order valence-corrected chi connectivity index (χ3v) is 5.61. The fourth-order valence-corrected chi connectivity index (χ4v) is 4.19. The van der Waals surface area contributed by atoms with Gasteiger partial charge in [-0.05, 0) is 53.0 Å². The second kappa shape index (κ2) is 8.74. The van der Waals surface area contributed by atoms with Crippen LogP contribution in [0.3, 0.4) is 0 Å². The number of hydrogen-bond acceptors (Lipinski definition) is 6. The monoisotopic (exact) mass is 480 g/mol. The van der Waals surface area contributed by atoms with Gasteiger partial charge >= 0.3 is 0 Å². The van der Waals surface area contributed by atoms with Gasteiger partial charge in [0.1, 0.15) is 18.2 Å². The van der Waals surface area contributed by atoms with Gasteiger partial charge in [-0.2, -0.15) is 5.26 Å². The number of nitrogens with zero attached hydrogens (tertiary/aromatic N) is 2. The van der Waals surface area contributed by atoms with Gasteiger partial charge in [-0.25, -0.2) is 0 Å². The Kier molecular flexibility index (Phi) is 5.87. The number of halogens is 1. The summed E-state index contributed by atoms with van der Waals surface area (Å²) < 4.78 is 18.2. The first-order chi connectivity index (χ1) is 15.0. The van der Waals surface area contributed by atoms with E-state index in [0.29, 0.717) is 36.2 Å². The van der Waals surface area contributed by atoms with Crippen LogP contribution < -0.4 is 19.9 Å². The van der Waals surface area contributed by atoms with Crippen LogP contribution in [0.1, 0.15) is 35.2 Å². The van der Waals surface area contributed by atoms with Gasteiger partial charge in [0.15, 0.2) is 11.5 Å². The third kappa shape index (κ3) is 3.97. The second-order valence-electron chi connectivity index (χ2n) is 7.03. The highest BCUT2D eigenvalue weighted by Crippen LogP contribution is 2.46. The molecule has 2 heterocycles. The lowest BCUT2D eigenvalue weighted by atomic mass is 9.84. The van der Waals surface area contributed by atoms with Gasteiger partial charge in [-0.1, -0.05) is 30.3 Å². The predicted molar refractivity (Wildman–Crippen MR) is 119 cm³/mol. The summed E-state index contributed by atoms with van der Waals surface area (Å²) in [5.74, 6) is 1.16. The van der Waals surface area contributed by atoms with Crippen LogP contribution >= 0.6 is 15.9 Å². The van der Waals surface area contributed by atoms with Gasteiger partial charge in [0.2, 0.25) is 11.8 Å². The van der Waals surface area contributed by atoms with Gasteiger partial charge in [0.05, 0.1) is 17.0 Å². The van der Waals surface area contributed by atoms with Crippen molar-refractivity contribution in [3.63, 3.8) is 0 Å². The molecule has 0 radical (unpaired) electrons. The maximum absolute atomic E-state index is 9.79. The first-order valence-electron chi connectivity index (χ1n) is 9.78. The molecular weight excluding hydrogens is 460 g/mol. The molecule has 0 spiro atoms. The number of nitrogens with two attached hydrogens (primary N) is 1. The Hall–Kier alpha value is -3.44. The number of aromatic nitrogens is 2. The smallest absolute Gasteiger partial charge is 0.244 e. The average molecular weight is 481 g/mol. The van der Waals surface area contributed by atoms with E-state index in [1.54, 1.807) is 0 Å². The van der Waals surface area contributed by atoms with Crippen molar-refractivity contribution in [1.29, 1.82) is 5.26 Å². The molecule has 0 saturated carbocycles. The molecule has 0 amide bonds. The van der Waals surface area contributed by atoms with Crippen molar-refractivity contribution in [1.82, 2.24) is 10.2 Å². The Bertz CT molecular complexity index is 1180. The summed E-state index contributed by atoms with van der Waals surface area (Å²) in [6.45, 7) is 4.66.